The highest BCUT2D eigenvalue weighted by Crippen LogP contribution is 2.34. The molecule has 27 heavy (non-hydrogen) atoms. The Labute approximate surface area is 166 Å². The van der Waals surface area contributed by atoms with E-state index in [0.29, 0.717) is 19.6 Å². The Hall–Kier alpha value is -1.90. The zero-order chi connectivity index (χ0) is 18.8. The first-order valence-corrected chi connectivity index (χ1v) is 10.1. The third kappa shape index (κ3) is 4.34. The van der Waals surface area contributed by atoms with Gasteiger partial charge in [0.05, 0.1) is 30.5 Å². The van der Waals surface area contributed by atoms with Crippen molar-refractivity contribution in [3.63, 3.8) is 0 Å². The van der Waals surface area contributed by atoms with Crippen molar-refractivity contribution >= 4 is 33.2 Å². The molecule has 3 heterocycles. The van der Waals surface area contributed by atoms with Gasteiger partial charge in [0.2, 0.25) is 5.91 Å². The fraction of sp³-hybridized carbons (Fsp3) is 0.474. The number of aromatic nitrogens is 2. The van der Waals surface area contributed by atoms with Crippen molar-refractivity contribution in [1.29, 1.82) is 0 Å². The first kappa shape index (κ1) is 18.5. The van der Waals surface area contributed by atoms with Gasteiger partial charge in [0, 0.05) is 29.4 Å². The number of nitrogens with one attached hydrogen (secondary N) is 2. The number of fused-ring (bicyclic) bond motifs is 1. The second-order valence-electron chi connectivity index (χ2n) is 7.27. The predicted octanol–water partition coefficient (Wildman–Crippen LogP) is 2.25. The Morgan fingerprint density at radius 1 is 1.33 bits per heavy atom. The minimum absolute atomic E-state index is 0.00373. The van der Waals surface area contributed by atoms with Gasteiger partial charge in [-0.25, -0.2) is 0 Å². The topological polar surface area (TPSA) is 82.4 Å². The SMILES string of the molecule is O=C1Nc2cc(Br)ccc2[C@H]1CNc1cnn(C[C@@H](O)CN2CCCC2)c1. The Morgan fingerprint density at radius 3 is 2.96 bits per heavy atom. The molecule has 2 aliphatic rings. The third-order valence-electron chi connectivity index (χ3n) is 5.17. The summed E-state index contributed by atoms with van der Waals surface area (Å²) in [6, 6.07) is 5.85. The van der Waals surface area contributed by atoms with Gasteiger partial charge in [0.15, 0.2) is 0 Å². The number of rotatable bonds is 7. The molecule has 0 radical (unpaired) electrons. The van der Waals surface area contributed by atoms with Crippen LogP contribution in [0.15, 0.2) is 35.1 Å². The number of hydrogen-bond acceptors (Lipinski definition) is 5. The van der Waals surface area contributed by atoms with Crippen molar-refractivity contribution in [2.24, 2.45) is 0 Å². The summed E-state index contributed by atoms with van der Waals surface area (Å²) in [5, 5.41) is 20.8. The minimum Gasteiger partial charge on any atom is -0.390 e. The molecule has 2 aliphatic heterocycles. The summed E-state index contributed by atoms with van der Waals surface area (Å²) >= 11 is 3.43. The zero-order valence-corrected chi connectivity index (χ0v) is 16.7. The van der Waals surface area contributed by atoms with E-state index >= 15 is 0 Å². The number of likely N-dealkylation sites (tertiary alicyclic amines) is 1. The molecule has 1 amide bonds. The number of anilines is 2. The van der Waals surface area contributed by atoms with E-state index < -0.39 is 6.10 Å². The van der Waals surface area contributed by atoms with E-state index in [1.165, 1.54) is 12.8 Å². The first-order chi connectivity index (χ1) is 13.1. The minimum atomic E-state index is -0.429. The summed E-state index contributed by atoms with van der Waals surface area (Å²) in [6.07, 6.45) is 5.62. The van der Waals surface area contributed by atoms with Gasteiger partial charge in [0.25, 0.3) is 0 Å². The van der Waals surface area contributed by atoms with Crippen LogP contribution in [0.2, 0.25) is 0 Å². The van der Waals surface area contributed by atoms with Gasteiger partial charge in [-0.2, -0.15) is 5.10 Å². The highest BCUT2D eigenvalue weighted by Gasteiger charge is 2.30. The third-order valence-corrected chi connectivity index (χ3v) is 5.67. The van der Waals surface area contributed by atoms with Crippen molar-refractivity contribution in [3.8, 4) is 0 Å². The highest BCUT2D eigenvalue weighted by atomic mass is 79.9. The van der Waals surface area contributed by atoms with Gasteiger partial charge < -0.3 is 20.6 Å². The number of halogens is 1. The largest absolute Gasteiger partial charge is 0.390 e. The predicted molar refractivity (Wildman–Crippen MR) is 108 cm³/mol. The normalized spacial score (nSPS) is 20.5. The van der Waals surface area contributed by atoms with Crippen LogP contribution in [0.25, 0.3) is 0 Å². The lowest BCUT2D eigenvalue weighted by Crippen LogP contribution is -2.32. The Morgan fingerprint density at radius 2 is 2.15 bits per heavy atom. The zero-order valence-electron chi connectivity index (χ0n) is 15.1. The molecule has 2 atom stereocenters. The number of benzene rings is 1. The molecule has 4 rings (SSSR count). The van der Waals surface area contributed by atoms with Crippen LogP contribution in [0.5, 0.6) is 0 Å². The number of carbonyl (C=O) groups excluding carboxylic acids is 1. The van der Waals surface area contributed by atoms with Crippen molar-refractivity contribution in [1.82, 2.24) is 14.7 Å². The van der Waals surface area contributed by atoms with Gasteiger partial charge in [-0.3, -0.25) is 9.48 Å². The van der Waals surface area contributed by atoms with E-state index in [-0.39, 0.29) is 11.8 Å². The van der Waals surface area contributed by atoms with E-state index in [1.54, 1.807) is 10.9 Å². The second-order valence-corrected chi connectivity index (χ2v) is 8.18. The average molecular weight is 434 g/mol. The smallest absolute Gasteiger partial charge is 0.233 e. The van der Waals surface area contributed by atoms with E-state index in [4.69, 9.17) is 0 Å². The molecule has 3 N–H and O–H groups in total. The van der Waals surface area contributed by atoms with Crippen LogP contribution in [-0.4, -0.2) is 58.0 Å². The molecule has 2 aromatic rings. The number of aliphatic hydroxyl groups excluding tert-OH is 1. The number of aliphatic hydroxyl groups is 1. The van der Waals surface area contributed by atoms with Gasteiger partial charge in [-0.1, -0.05) is 22.0 Å². The molecule has 0 bridgehead atoms. The molecular weight excluding hydrogens is 410 g/mol. The van der Waals surface area contributed by atoms with E-state index in [9.17, 15) is 9.90 Å². The van der Waals surface area contributed by atoms with Crippen LogP contribution in [0.3, 0.4) is 0 Å². The quantitative estimate of drug-likeness (QED) is 0.623. The molecule has 0 spiro atoms. The van der Waals surface area contributed by atoms with E-state index in [0.717, 1.165) is 34.5 Å². The number of hydrogen-bond donors (Lipinski definition) is 3. The number of carbonyl (C=O) groups is 1. The molecule has 1 fully saturated rings. The summed E-state index contributed by atoms with van der Waals surface area (Å²) < 4.78 is 2.70. The molecule has 0 aliphatic carbocycles. The van der Waals surface area contributed by atoms with Crippen molar-refractivity contribution in [2.75, 3.05) is 36.8 Å². The molecule has 1 aromatic carbocycles. The molecule has 1 aromatic heterocycles. The van der Waals surface area contributed by atoms with Crippen LogP contribution >= 0.6 is 15.9 Å². The van der Waals surface area contributed by atoms with Crippen molar-refractivity contribution < 1.29 is 9.90 Å². The second kappa shape index (κ2) is 8.00. The van der Waals surface area contributed by atoms with E-state index in [2.05, 4.69) is 36.6 Å². The van der Waals surface area contributed by atoms with Crippen molar-refractivity contribution in [3.05, 3.63) is 40.6 Å². The maximum Gasteiger partial charge on any atom is 0.233 e. The molecule has 144 valence electrons. The number of β-amino-alcohol motifs (C(OH)–C–C–N with tert-alkyl or cyclic N) is 1. The molecule has 1 saturated heterocycles. The summed E-state index contributed by atoms with van der Waals surface area (Å²) in [5.41, 5.74) is 2.72. The Bertz CT molecular complexity index is 818. The van der Waals surface area contributed by atoms with Gasteiger partial charge in [-0.05, 0) is 43.6 Å². The first-order valence-electron chi connectivity index (χ1n) is 9.35. The van der Waals surface area contributed by atoms with Crippen LogP contribution in [-0.2, 0) is 11.3 Å². The number of amides is 1. The number of nitrogens with zero attached hydrogens (tertiary/aromatic N) is 3. The summed E-state index contributed by atoms with van der Waals surface area (Å²) in [7, 11) is 0. The lowest BCUT2D eigenvalue weighted by molar-refractivity contribution is -0.116. The molecular formula is C19H24BrN5O2. The average Bonchev–Trinajstić information content (AvgIpc) is 3.34. The summed E-state index contributed by atoms with van der Waals surface area (Å²) in [4.78, 5) is 14.5. The van der Waals surface area contributed by atoms with Crippen LogP contribution in [0, 0.1) is 0 Å². The van der Waals surface area contributed by atoms with Crippen LogP contribution in [0.1, 0.15) is 24.3 Å². The maximum atomic E-state index is 12.3. The molecule has 0 saturated carbocycles. The Balaban J connectivity index is 1.31. The van der Waals surface area contributed by atoms with Gasteiger partial charge in [-0.15, -0.1) is 0 Å². The maximum absolute atomic E-state index is 12.3. The molecule has 7 nitrogen and oxygen atoms in total. The lowest BCUT2D eigenvalue weighted by Gasteiger charge is -2.19. The standard InChI is InChI=1S/C19H24BrN5O2/c20-13-3-4-16-17(19(27)23-18(16)7-13)9-21-14-8-22-25(10-14)12-15(26)11-24-5-1-2-6-24/h3-4,7-8,10,15,17,21,26H,1-2,5-6,9,11-12H2,(H,23,27)/t15-,17+/m0/s1. The monoisotopic (exact) mass is 433 g/mol. The Kier molecular flexibility index (Phi) is 5.47. The lowest BCUT2D eigenvalue weighted by atomic mass is 10.0. The van der Waals surface area contributed by atoms with Crippen LogP contribution in [0.4, 0.5) is 11.4 Å². The highest BCUT2D eigenvalue weighted by molar-refractivity contribution is 9.10. The molecule has 0 unspecified atom stereocenters. The fourth-order valence-corrected chi connectivity index (χ4v) is 4.18. The summed E-state index contributed by atoms with van der Waals surface area (Å²) in [5.74, 6) is -0.221. The van der Waals surface area contributed by atoms with E-state index in [1.807, 2.05) is 24.4 Å². The van der Waals surface area contributed by atoms with Crippen LogP contribution < -0.4 is 10.6 Å². The van der Waals surface area contributed by atoms with Gasteiger partial charge in [0.1, 0.15) is 0 Å². The summed E-state index contributed by atoms with van der Waals surface area (Å²) in [6.45, 7) is 3.81. The molecule has 8 heteroatoms. The fourth-order valence-electron chi connectivity index (χ4n) is 3.82. The van der Waals surface area contributed by atoms with Gasteiger partial charge >= 0.3 is 0 Å². The van der Waals surface area contributed by atoms with Crippen molar-refractivity contribution in [2.45, 2.75) is 31.4 Å².